The van der Waals surface area contributed by atoms with Crippen LogP contribution in [0.25, 0.3) is 0 Å². The smallest absolute Gasteiger partial charge is 0.338 e. The lowest BCUT2D eigenvalue weighted by Gasteiger charge is -2.31. The maximum atomic E-state index is 12.7. The number of nitrogens with one attached hydrogen (secondary N) is 1. The topological polar surface area (TPSA) is 58.6 Å². The Balaban J connectivity index is 1.54. The molecule has 0 radical (unpaired) electrons. The number of nitrogens with zero attached hydrogens (tertiary/aromatic N) is 1. The number of carbonyl (C=O) groups excluding carboxylic acids is 2. The number of carbonyl (C=O) groups is 2. The Kier molecular flexibility index (Phi) is 7.53. The lowest BCUT2D eigenvalue weighted by atomic mass is 9.95. The molecule has 1 saturated heterocycles. The third-order valence-corrected chi connectivity index (χ3v) is 5.75. The van der Waals surface area contributed by atoms with Gasteiger partial charge in [0.15, 0.2) is 0 Å². The van der Waals surface area contributed by atoms with Crippen molar-refractivity contribution in [1.29, 1.82) is 0 Å². The number of likely N-dealkylation sites (tertiary alicyclic amines) is 1. The molecule has 0 spiro atoms. The molecule has 3 rings (SSSR count). The van der Waals surface area contributed by atoms with Crippen molar-refractivity contribution in [2.45, 2.75) is 26.3 Å². The van der Waals surface area contributed by atoms with Gasteiger partial charge in [-0.05, 0) is 63.2 Å². The van der Waals surface area contributed by atoms with Crippen molar-refractivity contribution in [3.8, 4) is 0 Å². The summed E-state index contributed by atoms with van der Waals surface area (Å²) in [6.07, 6.45) is 1.51. The number of piperidine rings is 1. The number of hydrogen-bond acceptors (Lipinski definition) is 4. The Hall–Kier alpha value is -2.08. The maximum Gasteiger partial charge on any atom is 0.338 e. The van der Waals surface area contributed by atoms with Crippen LogP contribution in [0.5, 0.6) is 0 Å². The summed E-state index contributed by atoms with van der Waals surface area (Å²) in [6, 6.07) is 12.3. The van der Waals surface area contributed by atoms with E-state index < -0.39 is 5.97 Å². The summed E-state index contributed by atoms with van der Waals surface area (Å²) >= 11 is 12.5. The van der Waals surface area contributed by atoms with Gasteiger partial charge in [0.25, 0.3) is 0 Å². The molecule has 1 N–H and O–H groups in total. The minimum atomic E-state index is -0.393. The first-order chi connectivity index (χ1) is 14.0. The SMILES string of the molecule is CCOC(=O)c1cccc(NC(=O)C2CCN(Cc3c(Cl)cccc3Cl)CC2)c1. The fourth-order valence-corrected chi connectivity index (χ4v) is 3.96. The molecule has 1 aliphatic heterocycles. The molecule has 0 unspecified atom stereocenters. The molecule has 29 heavy (non-hydrogen) atoms. The van der Waals surface area contributed by atoms with E-state index in [0.29, 0.717) is 34.4 Å². The minimum absolute atomic E-state index is 0.0264. The summed E-state index contributed by atoms with van der Waals surface area (Å²) in [4.78, 5) is 26.8. The van der Waals surface area contributed by atoms with Crippen LogP contribution >= 0.6 is 23.2 Å². The molecular formula is C22H24Cl2N2O3. The second-order valence-electron chi connectivity index (χ2n) is 7.04. The van der Waals surface area contributed by atoms with Crippen LogP contribution in [0.4, 0.5) is 5.69 Å². The molecule has 7 heteroatoms. The Morgan fingerprint density at radius 2 is 1.76 bits per heavy atom. The van der Waals surface area contributed by atoms with Crippen molar-refractivity contribution in [1.82, 2.24) is 4.90 Å². The molecule has 2 aromatic rings. The van der Waals surface area contributed by atoms with E-state index >= 15 is 0 Å². The predicted octanol–water partition coefficient (Wildman–Crippen LogP) is 5.02. The van der Waals surface area contributed by atoms with Crippen molar-refractivity contribution >= 4 is 40.8 Å². The molecule has 0 aliphatic carbocycles. The second kappa shape index (κ2) is 10.1. The number of amides is 1. The van der Waals surface area contributed by atoms with Gasteiger partial charge in [0, 0.05) is 33.8 Å². The van der Waals surface area contributed by atoms with Gasteiger partial charge < -0.3 is 10.1 Å². The van der Waals surface area contributed by atoms with Crippen LogP contribution in [0.2, 0.25) is 10.0 Å². The molecule has 2 aromatic carbocycles. The number of hydrogen-bond donors (Lipinski definition) is 1. The van der Waals surface area contributed by atoms with E-state index in [4.69, 9.17) is 27.9 Å². The highest BCUT2D eigenvalue weighted by Crippen LogP contribution is 2.28. The lowest BCUT2D eigenvalue weighted by Crippen LogP contribution is -2.37. The summed E-state index contributed by atoms with van der Waals surface area (Å²) in [5.74, 6) is -0.490. The number of benzene rings is 2. The molecule has 0 aromatic heterocycles. The average molecular weight is 435 g/mol. The standard InChI is InChI=1S/C22H24Cl2N2O3/c1-2-29-22(28)16-5-3-6-17(13-16)25-21(27)15-9-11-26(12-10-15)14-18-19(23)7-4-8-20(18)24/h3-8,13,15H,2,9-12,14H2,1H3,(H,25,27). The summed E-state index contributed by atoms with van der Waals surface area (Å²) in [6.45, 7) is 4.34. The van der Waals surface area contributed by atoms with Crippen LogP contribution in [0.15, 0.2) is 42.5 Å². The first-order valence-corrected chi connectivity index (χ1v) is 10.5. The quantitative estimate of drug-likeness (QED) is 0.648. The first-order valence-electron chi connectivity index (χ1n) is 9.71. The zero-order chi connectivity index (χ0) is 20.8. The molecule has 0 bridgehead atoms. The number of anilines is 1. The van der Waals surface area contributed by atoms with Gasteiger partial charge in [-0.2, -0.15) is 0 Å². The van der Waals surface area contributed by atoms with Crippen LogP contribution in [-0.2, 0) is 16.1 Å². The van der Waals surface area contributed by atoms with Gasteiger partial charge >= 0.3 is 5.97 Å². The molecule has 0 saturated carbocycles. The van der Waals surface area contributed by atoms with Crippen molar-refractivity contribution in [2.75, 3.05) is 25.0 Å². The summed E-state index contributed by atoms with van der Waals surface area (Å²) < 4.78 is 5.01. The van der Waals surface area contributed by atoms with E-state index in [2.05, 4.69) is 10.2 Å². The molecule has 1 aliphatic rings. The van der Waals surface area contributed by atoms with Crippen LogP contribution in [0, 0.1) is 5.92 Å². The molecule has 1 fully saturated rings. The summed E-state index contributed by atoms with van der Waals surface area (Å²) in [5, 5.41) is 4.26. The van der Waals surface area contributed by atoms with E-state index in [-0.39, 0.29) is 11.8 Å². The van der Waals surface area contributed by atoms with E-state index in [1.807, 2.05) is 18.2 Å². The number of ether oxygens (including phenoxy) is 1. The van der Waals surface area contributed by atoms with Crippen LogP contribution in [0.1, 0.15) is 35.7 Å². The highest BCUT2D eigenvalue weighted by Gasteiger charge is 2.26. The first kappa shape index (κ1) is 21.6. The van der Waals surface area contributed by atoms with Crippen LogP contribution < -0.4 is 5.32 Å². The number of halogens is 2. The number of esters is 1. The van der Waals surface area contributed by atoms with Gasteiger partial charge in [-0.25, -0.2) is 4.79 Å². The highest BCUT2D eigenvalue weighted by atomic mass is 35.5. The highest BCUT2D eigenvalue weighted by molar-refractivity contribution is 6.35. The molecule has 1 amide bonds. The largest absolute Gasteiger partial charge is 0.462 e. The van der Waals surface area contributed by atoms with Gasteiger partial charge in [-0.1, -0.05) is 35.3 Å². The monoisotopic (exact) mass is 434 g/mol. The molecule has 5 nitrogen and oxygen atoms in total. The third kappa shape index (κ3) is 5.72. The van der Waals surface area contributed by atoms with Gasteiger partial charge in [0.1, 0.15) is 0 Å². The van der Waals surface area contributed by atoms with Crippen molar-refractivity contribution in [3.63, 3.8) is 0 Å². The van der Waals surface area contributed by atoms with Crippen LogP contribution in [0.3, 0.4) is 0 Å². The average Bonchev–Trinajstić information content (AvgIpc) is 2.72. The molecule has 1 heterocycles. The third-order valence-electron chi connectivity index (χ3n) is 5.04. The maximum absolute atomic E-state index is 12.7. The van der Waals surface area contributed by atoms with E-state index in [1.54, 1.807) is 31.2 Å². The van der Waals surface area contributed by atoms with E-state index in [9.17, 15) is 9.59 Å². The molecule has 154 valence electrons. The zero-order valence-corrected chi connectivity index (χ0v) is 17.8. The van der Waals surface area contributed by atoms with Gasteiger partial charge in [0.2, 0.25) is 5.91 Å². The Morgan fingerprint density at radius 3 is 2.41 bits per heavy atom. The Bertz CT molecular complexity index is 860. The van der Waals surface area contributed by atoms with E-state index in [0.717, 1.165) is 31.5 Å². The summed E-state index contributed by atoms with van der Waals surface area (Å²) in [7, 11) is 0. The minimum Gasteiger partial charge on any atom is -0.462 e. The number of rotatable bonds is 6. The Morgan fingerprint density at radius 1 is 1.10 bits per heavy atom. The summed E-state index contributed by atoms with van der Waals surface area (Å²) in [5.41, 5.74) is 1.96. The van der Waals surface area contributed by atoms with Gasteiger partial charge in [-0.3, -0.25) is 9.69 Å². The fourth-order valence-electron chi connectivity index (χ4n) is 3.44. The fraction of sp³-hybridized carbons (Fsp3) is 0.364. The second-order valence-corrected chi connectivity index (χ2v) is 7.86. The van der Waals surface area contributed by atoms with E-state index in [1.165, 1.54) is 0 Å². The molecular weight excluding hydrogens is 411 g/mol. The van der Waals surface area contributed by atoms with Crippen molar-refractivity contribution in [2.24, 2.45) is 5.92 Å². The zero-order valence-electron chi connectivity index (χ0n) is 16.3. The Labute approximate surface area is 180 Å². The van der Waals surface area contributed by atoms with Gasteiger partial charge in [-0.15, -0.1) is 0 Å². The van der Waals surface area contributed by atoms with Crippen molar-refractivity contribution in [3.05, 3.63) is 63.6 Å². The van der Waals surface area contributed by atoms with Crippen LogP contribution in [-0.4, -0.2) is 36.5 Å². The normalized spacial score (nSPS) is 15.1. The molecule has 0 atom stereocenters. The van der Waals surface area contributed by atoms with Crippen molar-refractivity contribution < 1.29 is 14.3 Å². The predicted molar refractivity (Wildman–Crippen MR) is 115 cm³/mol. The lowest BCUT2D eigenvalue weighted by molar-refractivity contribution is -0.121. The van der Waals surface area contributed by atoms with Gasteiger partial charge in [0.05, 0.1) is 12.2 Å².